The Morgan fingerprint density at radius 3 is 1.35 bits per heavy atom. The summed E-state index contributed by atoms with van der Waals surface area (Å²) in [5.74, 6) is 0. The zero-order chi connectivity index (χ0) is 49.0. The highest BCUT2D eigenvalue weighted by molar-refractivity contribution is 6.24. The van der Waals surface area contributed by atoms with Crippen molar-refractivity contribution >= 4 is 49.4 Å². The van der Waals surface area contributed by atoms with E-state index in [-0.39, 0.29) is 0 Å². The van der Waals surface area contributed by atoms with Gasteiger partial charge in [-0.25, -0.2) is 0 Å². The summed E-state index contributed by atoms with van der Waals surface area (Å²) < 4.78 is 0. The molecule has 0 unspecified atom stereocenters. The van der Waals surface area contributed by atoms with Crippen LogP contribution >= 0.6 is 0 Å². The molecule has 0 saturated carbocycles. The van der Waals surface area contributed by atoms with E-state index in [0.717, 1.165) is 22.6 Å². The van der Waals surface area contributed by atoms with E-state index < -0.39 is 5.41 Å². The third-order valence-electron chi connectivity index (χ3n) is 15.5. The van der Waals surface area contributed by atoms with Gasteiger partial charge in [-0.05, 0) is 130 Å². The fourth-order valence-electron chi connectivity index (χ4n) is 12.2. The summed E-state index contributed by atoms with van der Waals surface area (Å²) in [4.78, 5) is 2.55. The molecule has 0 aliphatic heterocycles. The van der Waals surface area contributed by atoms with Crippen molar-refractivity contribution in [3.05, 3.63) is 320 Å². The van der Waals surface area contributed by atoms with Crippen LogP contribution in [0.4, 0.5) is 17.1 Å². The van der Waals surface area contributed by atoms with Crippen molar-refractivity contribution in [2.24, 2.45) is 0 Å². The van der Waals surface area contributed by atoms with Gasteiger partial charge < -0.3 is 4.90 Å². The molecule has 13 aromatic rings. The standard InChI is InChI=1S/C73H49N/c1-4-20-50(21-5-1)55-24-18-25-56(48-55)53-40-38-51(39-41-53)52-42-44-59(45-43-52)74(72-67-35-15-13-32-63(67)62-31-12-14-34-66(62)71(72)65-36-19-23-54-22-10-11-30-61(54)65)60-46-47-70-68(49-60)64-33-16-17-37-69(64)73(70,57-26-6-2-7-27-57)58-28-8-3-9-29-58/h1-49H. The maximum absolute atomic E-state index is 2.55. The highest BCUT2D eigenvalue weighted by Gasteiger charge is 2.46. The van der Waals surface area contributed by atoms with Crippen molar-refractivity contribution in [2.45, 2.75) is 5.41 Å². The molecule has 1 heteroatoms. The minimum Gasteiger partial charge on any atom is -0.309 e. The molecule has 0 aromatic heterocycles. The Labute approximate surface area is 432 Å². The van der Waals surface area contributed by atoms with E-state index >= 15 is 0 Å². The Morgan fingerprint density at radius 1 is 0.243 bits per heavy atom. The lowest BCUT2D eigenvalue weighted by atomic mass is 9.68. The van der Waals surface area contributed by atoms with Crippen molar-refractivity contribution in [1.29, 1.82) is 0 Å². The molecule has 13 aromatic carbocycles. The van der Waals surface area contributed by atoms with Crippen LogP contribution < -0.4 is 4.90 Å². The van der Waals surface area contributed by atoms with Gasteiger partial charge in [-0.1, -0.05) is 267 Å². The smallest absolute Gasteiger partial charge is 0.0713 e. The number of benzene rings is 13. The average molecular weight is 940 g/mol. The normalized spacial score (nSPS) is 12.4. The Balaban J connectivity index is 0.992. The van der Waals surface area contributed by atoms with E-state index in [1.807, 2.05) is 0 Å². The zero-order valence-electron chi connectivity index (χ0n) is 40.7. The van der Waals surface area contributed by atoms with Gasteiger partial charge in [0.2, 0.25) is 0 Å². The van der Waals surface area contributed by atoms with Gasteiger partial charge >= 0.3 is 0 Å². The summed E-state index contributed by atoms with van der Waals surface area (Å²) in [5, 5.41) is 7.30. The second kappa shape index (κ2) is 17.9. The minimum absolute atomic E-state index is 0.510. The molecule has 74 heavy (non-hydrogen) atoms. The fourth-order valence-corrected chi connectivity index (χ4v) is 12.2. The first-order valence-corrected chi connectivity index (χ1v) is 25.7. The van der Waals surface area contributed by atoms with E-state index in [1.165, 1.54) is 105 Å². The van der Waals surface area contributed by atoms with Gasteiger partial charge in [0, 0.05) is 22.3 Å². The third kappa shape index (κ3) is 7.00. The Hall–Kier alpha value is -9.56. The van der Waals surface area contributed by atoms with E-state index in [0.29, 0.717) is 0 Å². The van der Waals surface area contributed by atoms with Crippen LogP contribution in [0.15, 0.2) is 297 Å². The number of nitrogens with zero attached hydrogens (tertiary/aromatic N) is 1. The Morgan fingerprint density at radius 2 is 0.676 bits per heavy atom. The molecule has 0 fully saturated rings. The van der Waals surface area contributed by atoms with Gasteiger partial charge in [0.05, 0.1) is 11.1 Å². The van der Waals surface area contributed by atoms with Crippen molar-refractivity contribution in [1.82, 2.24) is 0 Å². The van der Waals surface area contributed by atoms with Crippen LogP contribution in [0.2, 0.25) is 0 Å². The van der Waals surface area contributed by atoms with Crippen LogP contribution in [0.1, 0.15) is 22.3 Å². The van der Waals surface area contributed by atoms with Gasteiger partial charge in [-0.3, -0.25) is 0 Å². The first-order chi connectivity index (χ1) is 36.7. The van der Waals surface area contributed by atoms with Crippen molar-refractivity contribution in [3.63, 3.8) is 0 Å². The molecular formula is C73H49N. The van der Waals surface area contributed by atoms with Crippen LogP contribution in [0, 0.1) is 0 Å². The van der Waals surface area contributed by atoms with Gasteiger partial charge in [0.25, 0.3) is 0 Å². The predicted octanol–water partition coefficient (Wildman–Crippen LogP) is 19.6. The molecule has 0 heterocycles. The number of fused-ring (bicyclic) bond motifs is 7. The molecule has 346 valence electrons. The third-order valence-corrected chi connectivity index (χ3v) is 15.5. The fraction of sp³-hybridized carbons (Fsp3) is 0.0137. The van der Waals surface area contributed by atoms with Gasteiger partial charge in [-0.15, -0.1) is 0 Å². The molecule has 1 aliphatic carbocycles. The first kappa shape index (κ1) is 43.2. The maximum atomic E-state index is 2.55. The quantitative estimate of drug-likeness (QED) is 0.130. The summed E-state index contributed by atoms with van der Waals surface area (Å²) in [6.45, 7) is 0. The van der Waals surface area contributed by atoms with E-state index in [4.69, 9.17) is 0 Å². The molecule has 0 atom stereocenters. The highest BCUT2D eigenvalue weighted by Crippen LogP contribution is 2.58. The van der Waals surface area contributed by atoms with Crippen molar-refractivity contribution in [2.75, 3.05) is 4.90 Å². The number of hydrogen-bond acceptors (Lipinski definition) is 1. The van der Waals surface area contributed by atoms with Gasteiger partial charge in [0.15, 0.2) is 0 Å². The Bertz CT molecular complexity index is 4170. The topological polar surface area (TPSA) is 3.24 Å². The molecule has 0 N–H and O–H groups in total. The van der Waals surface area contributed by atoms with Crippen LogP contribution in [0.3, 0.4) is 0 Å². The monoisotopic (exact) mass is 939 g/mol. The summed E-state index contributed by atoms with van der Waals surface area (Å²) in [6.07, 6.45) is 0. The predicted molar refractivity (Wildman–Crippen MR) is 313 cm³/mol. The zero-order valence-corrected chi connectivity index (χ0v) is 40.7. The van der Waals surface area contributed by atoms with Crippen LogP contribution in [-0.2, 0) is 5.41 Å². The van der Waals surface area contributed by atoms with E-state index in [1.54, 1.807) is 0 Å². The van der Waals surface area contributed by atoms with E-state index in [9.17, 15) is 0 Å². The van der Waals surface area contributed by atoms with Gasteiger partial charge in [0.1, 0.15) is 0 Å². The summed E-state index contributed by atoms with van der Waals surface area (Å²) >= 11 is 0. The SMILES string of the molecule is c1ccc(-c2cccc(-c3ccc(-c4ccc(N(c5ccc6c(c5)-c5ccccc5C6(c5ccccc5)c5ccccc5)c5c(-c6cccc7ccccc67)c6ccccc6c6ccccc56)cc4)cc3)c2)cc1. The van der Waals surface area contributed by atoms with Crippen LogP contribution in [0.5, 0.6) is 0 Å². The minimum atomic E-state index is -0.510. The largest absolute Gasteiger partial charge is 0.309 e. The molecule has 14 rings (SSSR count). The molecule has 0 amide bonds. The number of anilines is 3. The molecule has 0 radical (unpaired) electrons. The molecule has 1 aliphatic rings. The lowest BCUT2D eigenvalue weighted by Gasteiger charge is -2.34. The van der Waals surface area contributed by atoms with E-state index in [2.05, 4.69) is 302 Å². The summed E-state index contributed by atoms with van der Waals surface area (Å²) in [6, 6.07) is 110. The Kier molecular flexibility index (Phi) is 10.5. The second-order valence-corrected chi connectivity index (χ2v) is 19.5. The molecule has 1 nitrogen and oxygen atoms in total. The average Bonchev–Trinajstić information content (AvgIpc) is 3.81. The molecular weight excluding hydrogens is 891 g/mol. The van der Waals surface area contributed by atoms with Crippen LogP contribution in [-0.4, -0.2) is 0 Å². The summed E-state index contributed by atoms with van der Waals surface area (Å²) in [7, 11) is 0. The molecule has 0 saturated heterocycles. The van der Waals surface area contributed by atoms with Crippen molar-refractivity contribution < 1.29 is 0 Å². The lowest BCUT2D eigenvalue weighted by Crippen LogP contribution is -2.28. The first-order valence-electron chi connectivity index (χ1n) is 25.7. The molecule has 0 spiro atoms. The second-order valence-electron chi connectivity index (χ2n) is 19.5. The maximum Gasteiger partial charge on any atom is 0.0713 e. The summed E-state index contributed by atoms with van der Waals surface area (Å²) in [5.41, 5.74) is 20.0. The molecule has 0 bridgehead atoms. The highest BCUT2D eigenvalue weighted by atomic mass is 15.1. The number of rotatable bonds is 9. The van der Waals surface area contributed by atoms with Gasteiger partial charge in [-0.2, -0.15) is 0 Å². The number of hydrogen-bond donors (Lipinski definition) is 0. The van der Waals surface area contributed by atoms with Crippen molar-refractivity contribution in [3.8, 4) is 55.6 Å². The van der Waals surface area contributed by atoms with Crippen LogP contribution in [0.25, 0.3) is 88.0 Å². The lowest BCUT2D eigenvalue weighted by molar-refractivity contribution is 0.768.